The van der Waals surface area contributed by atoms with Crippen molar-refractivity contribution >= 4 is 41.5 Å². The molecule has 0 aliphatic carbocycles. The van der Waals surface area contributed by atoms with Crippen molar-refractivity contribution in [3.05, 3.63) is 65.2 Å². The Balaban J connectivity index is 1.21. The first-order valence-electron chi connectivity index (χ1n) is 13.8. The first-order chi connectivity index (χ1) is 18.9. The van der Waals surface area contributed by atoms with Crippen LogP contribution in [0.3, 0.4) is 0 Å². The highest BCUT2D eigenvalue weighted by molar-refractivity contribution is 8.01. The number of fused-ring (bicyclic) bond motifs is 1. The number of nitrogens with one attached hydrogen (secondary N) is 2. The maximum absolute atomic E-state index is 13.5. The van der Waals surface area contributed by atoms with E-state index in [2.05, 4.69) is 19.2 Å². The lowest BCUT2D eigenvalue weighted by Crippen LogP contribution is -2.51. The van der Waals surface area contributed by atoms with E-state index in [0.717, 1.165) is 41.6 Å². The molecular weight excluding hydrogens is 510 g/mol. The summed E-state index contributed by atoms with van der Waals surface area (Å²) in [5.74, 6) is 0.466. The molecule has 2 N–H and O–H groups in total. The minimum atomic E-state index is -0.435. The Labute approximate surface area is 234 Å². The van der Waals surface area contributed by atoms with E-state index in [-0.39, 0.29) is 35.7 Å². The van der Waals surface area contributed by atoms with Crippen LogP contribution in [0.4, 0.5) is 10.5 Å². The van der Waals surface area contributed by atoms with Gasteiger partial charge >= 0.3 is 6.03 Å². The minimum absolute atomic E-state index is 0.00228. The maximum Gasteiger partial charge on any atom is 0.322 e. The van der Waals surface area contributed by atoms with Crippen LogP contribution in [-0.4, -0.2) is 69.7 Å². The average molecular weight is 548 g/mol. The van der Waals surface area contributed by atoms with Gasteiger partial charge in [-0.1, -0.05) is 56.3 Å². The lowest BCUT2D eigenvalue weighted by molar-refractivity contribution is -0.137. The number of likely N-dealkylation sites (tertiary alicyclic amines) is 1. The molecule has 2 saturated heterocycles. The molecule has 5 rings (SSSR count). The third-order valence-corrected chi connectivity index (χ3v) is 9.44. The predicted octanol–water partition coefficient (Wildman–Crippen LogP) is 5.10. The van der Waals surface area contributed by atoms with E-state index >= 15 is 0 Å². The predicted molar refractivity (Wildman–Crippen MR) is 155 cm³/mol. The van der Waals surface area contributed by atoms with Crippen molar-refractivity contribution in [3.63, 3.8) is 0 Å². The number of carbonyl (C=O) groups excluding carboxylic acids is 3. The number of urea groups is 1. The van der Waals surface area contributed by atoms with Crippen LogP contribution in [0.15, 0.2) is 48.5 Å². The van der Waals surface area contributed by atoms with Gasteiger partial charge in [-0.25, -0.2) is 4.79 Å². The van der Waals surface area contributed by atoms with Crippen molar-refractivity contribution in [1.82, 2.24) is 14.7 Å². The summed E-state index contributed by atoms with van der Waals surface area (Å²) in [5.41, 5.74) is 3.73. The summed E-state index contributed by atoms with van der Waals surface area (Å²) in [5, 5.41) is 10.2. The molecule has 206 valence electrons. The number of carbonyl (C=O) groups is 3. The fourth-order valence-corrected chi connectivity index (χ4v) is 7.21. The van der Waals surface area contributed by atoms with Gasteiger partial charge in [0.1, 0.15) is 5.37 Å². The normalized spacial score (nSPS) is 21.8. The third-order valence-electron chi connectivity index (χ3n) is 7.98. The summed E-state index contributed by atoms with van der Waals surface area (Å²) in [7, 11) is 0. The zero-order chi connectivity index (χ0) is 27.5. The van der Waals surface area contributed by atoms with Crippen molar-refractivity contribution in [1.29, 1.82) is 5.41 Å². The molecule has 2 aromatic carbocycles. The number of rotatable bonds is 8. The van der Waals surface area contributed by atoms with Crippen LogP contribution in [0, 0.1) is 11.3 Å². The molecule has 9 heteroatoms. The molecule has 3 aliphatic heterocycles. The van der Waals surface area contributed by atoms with E-state index in [4.69, 9.17) is 5.41 Å². The van der Waals surface area contributed by atoms with Crippen LogP contribution in [0.5, 0.6) is 0 Å². The van der Waals surface area contributed by atoms with E-state index in [1.165, 1.54) is 18.0 Å². The molecule has 3 aliphatic rings. The summed E-state index contributed by atoms with van der Waals surface area (Å²) in [6, 6.07) is 15.6. The fraction of sp³-hybridized carbons (Fsp3) is 0.467. The number of piperidine rings is 1. The number of amides is 4. The Morgan fingerprint density at radius 3 is 2.56 bits per heavy atom. The molecule has 4 amide bonds. The number of para-hydroxylation sites is 1. The highest BCUT2D eigenvalue weighted by Crippen LogP contribution is 2.45. The van der Waals surface area contributed by atoms with Crippen LogP contribution in [0.25, 0.3) is 0 Å². The molecule has 2 fully saturated rings. The van der Waals surface area contributed by atoms with Gasteiger partial charge in [0.15, 0.2) is 0 Å². The second kappa shape index (κ2) is 11.8. The largest absolute Gasteiger partial charge is 0.342 e. The van der Waals surface area contributed by atoms with E-state index < -0.39 is 5.25 Å². The number of hydrogen-bond donors (Lipinski definition) is 2. The van der Waals surface area contributed by atoms with Gasteiger partial charge in [0.2, 0.25) is 11.8 Å². The van der Waals surface area contributed by atoms with Crippen molar-refractivity contribution < 1.29 is 14.4 Å². The topological polar surface area (TPSA) is 96.8 Å². The Kier molecular flexibility index (Phi) is 8.26. The minimum Gasteiger partial charge on any atom is -0.342 e. The van der Waals surface area contributed by atoms with E-state index in [9.17, 15) is 14.4 Å². The summed E-state index contributed by atoms with van der Waals surface area (Å²) in [6.07, 6.45) is 3.85. The first kappa shape index (κ1) is 27.2. The second-order valence-corrected chi connectivity index (χ2v) is 12.3. The SMILES string of the molecule is CC(C)CCN1C(=O)C(CC(=O)N2CCC(N3Cc4ccccc4NC3=O)CC2)SC1c1ccccc1C=N. The fourth-order valence-electron chi connectivity index (χ4n) is 5.69. The second-order valence-electron chi connectivity index (χ2n) is 11.0. The standard InChI is InChI=1S/C30H37N5O3S/c1-20(2)11-16-34-28(37)26(39-29(34)24-9-5-3-7-21(24)18-31)17-27(36)33-14-12-23(13-15-33)35-19-22-8-4-6-10-25(22)32-30(35)38/h3-10,18,20,23,26,29,31H,11-17,19H2,1-2H3,(H,32,38). The monoisotopic (exact) mass is 547 g/mol. The summed E-state index contributed by atoms with van der Waals surface area (Å²) >= 11 is 1.53. The number of nitrogens with zero attached hydrogens (tertiary/aromatic N) is 3. The smallest absolute Gasteiger partial charge is 0.322 e. The molecule has 0 spiro atoms. The quantitative estimate of drug-likeness (QED) is 0.450. The van der Waals surface area contributed by atoms with E-state index in [0.29, 0.717) is 32.1 Å². The molecule has 0 radical (unpaired) electrons. The first-order valence-corrected chi connectivity index (χ1v) is 14.8. The van der Waals surface area contributed by atoms with Crippen LogP contribution >= 0.6 is 11.8 Å². The van der Waals surface area contributed by atoms with Gasteiger partial charge in [-0.3, -0.25) is 9.59 Å². The van der Waals surface area contributed by atoms with Crippen molar-refractivity contribution in [2.24, 2.45) is 5.92 Å². The van der Waals surface area contributed by atoms with Gasteiger partial charge in [0.05, 0.1) is 5.25 Å². The van der Waals surface area contributed by atoms with Gasteiger partial charge in [-0.05, 0) is 47.9 Å². The summed E-state index contributed by atoms with van der Waals surface area (Å²) < 4.78 is 0. The van der Waals surface area contributed by atoms with Gasteiger partial charge < -0.3 is 25.4 Å². The van der Waals surface area contributed by atoms with Crippen molar-refractivity contribution in [2.45, 2.75) is 62.7 Å². The highest BCUT2D eigenvalue weighted by atomic mass is 32.2. The maximum atomic E-state index is 13.5. The molecule has 2 atom stereocenters. The summed E-state index contributed by atoms with van der Waals surface area (Å²) in [6.45, 7) is 6.67. The van der Waals surface area contributed by atoms with E-state index in [1.54, 1.807) is 0 Å². The van der Waals surface area contributed by atoms with Crippen molar-refractivity contribution in [2.75, 3.05) is 25.0 Å². The lowest BCUT2D eigenvalue weighted by Gasteiger charge is -2.40. The van der Waals surface area contributed by atoms with Crippen LogP contribution in [-0.2, 0) is 16.1 Å². The Morgan fingerprint density at radius 2 is 1.82 bits per heavy atom. The number of hydrogen-bond acceptors (Lipinski definition) is 5. The molecule has 8 nitrogen and oxygen atoms in total. The lowest BCUT2D eigenvalue weighted by atomic mass is 10.0. The zero-order valence-electron chi connectivity index (χ0n) is 22.6. The molecule has 0 saturated carbocycles. The average Bonchev–Trinajstić information content (AvgIpc) is 3.25. The molecular formula is C30H37N5O3S. The number of anilines is 1. The van der Waals surface area contributed by atoms with Crippen molar-refractivity contribution in [3.8, 4) is 0 Å². The van der Waals surface area contributed by atoms with Crippen LogP contribution in [0.1, 0.15) is 61.6 Å². The zero-order valence-corrected chi connectivity index (χ0v) is 23.5. The number of benzene rings is 2. The summed E-state index contributed by atoms with van der Waals surface area (Å²) in [4.78, 5) is 45.3. The Morgan fingerprint density at radius 1 is 1.10 bits per heavy atom. The van der Waals surface area contributed by atoms with Gasteiger partial charge in [0.25, 0.3) is 0 Å². The van der Waals surface area contributed by atoms with E-state index in [1.807, 2.05) is 63.2 Å². The van der Waals surface area contributed by atoms with Crippen LogP contribution in [0.2, 0.25) is 0 Å². The highest BCUT2D eigenvalue weighted by Gasteiger charge is 2.43. The Hall–Kier alpha value is -3.33. The molecule has 39 heavy (non-hydrogen) atoms. The molecule has 2 aromatic rings. The molecule has 3 heterocycles. The van der Waals surface area contributed by atoms with Gasteiger partial charge in [0, 0.05) is 50.5 Å². The van der Waals surface area contributed by atoms with Crippen LogP contribution < -0.4 is 5.32 Å². The third kappa shape index (κ3) is 5.83. The molecule has 2 unspecified atom stereocenters. The van der Waals surface area contributed by atoms with Gasteiger partial charge in [-0.2, -0.15) is 0 Å². The van der Waals surface area contributed by atoms with Gasteiger partial charge in [-0.15, -0.1) is 11.8 Å². The number of thioether (sulfide) groups is 1. The molecule has 0 aromatic heterocycles. The Bertz CT molecular complexity index is 1240. The molecule has 0 bridgehead atoms.